The van der Waals surface area contributed by atoms with Gasteiger partial charge in [0.15, 0.2) is 6.61 Å². The van der Waals surface area contributed by atoms with Crippen LogP contribution in [0.15, 0.2) is 76.3 Å². The summed E-state index contributed by atoms with van der Waals surface area (Å²) in [5, 5.41) is 3.05. The molecule has 1 N–H and O–H groups in total. The van der Waals surface area contributed by atoms with Crippen LogP contribution in [0.25, 0.3) is 10.9 Å². The van der Waals surface area contributed by atoms with Crippen LogP contribution in [0.4, 0.5) is 0 Å². The zero-order chi connectivity index (χ0) is 31.3. The van der Waals surface area contributed by atoms with Gasteiger partial charge in [-0.3, -0.25) is 18.7 Å². The van der Waals surface area contributed by atoms with Gasteiger partial charge in [0.2, 0.25) is 0 Å². The molecule has 0 radical (unpaired) electrons. The van der Waals surface area contributed by atoms with Gasteiger partial charge in [0.05, 0.1) is 30.1 Å². The van der Waals surface area contributed by atoms with Gasteiger partial charge < -0.3 is 19.5 Å². The Hall–Kier alpha value is -5.19. The van der Waals surface area contributed by atoms with Crippen LogP contribution in [-0.2, 0) is 34.4 Å². The van der Waals surface area contributed by atoms with Crippen LogP contribution >= 0.6 is 0 Å². The largest absolute Gasteiger partial charge is 0.497 e. The van der Waals surface area contributed by atoms with E-state index in [1.54, 1.807) is 71.3 Å². The number of benzene rings is 3. The molecule has 11 nitrogen and oxygen atoms in total. The van der Waals surface area contributed by atoms with Crippen molar-refractivity contribution < 1.29 is 28.6 Å². The first-order valence-electron chi connectivity index (χ1n) is 13.5. The molecule has 0 saturated carbocycles. The first-order valence-corrected chi connectivity index (χ1v) is 13.5. The van der Waals surface area contributed by atoms with E-state index in [0.29, 0.717) is 16.8 Å². The molecule has 224 valence electrons. The van der Waals surface area contributed by atoms with Crippen LogP contribution in [0, 0.1) is 0 Å². The fourth-order valence-corrected chi connectivity index (χ4v) is 4.33. The second-order valence-electron chi connectivity index (χ2n) is 10.9. The average molecular weight is 588 g/mol. The maximum atomic E-state index is 13.4. The van der Waals surface area contributed by atoms with Crippen LogP contribution in [0.5, 0.6) is 5.75 Å². The molecule has 0 saturated heterocycles. The Labute approximate surface area is 247 Å². The lowest BCUT2D eigenvalue weighted by molar-refractivity contribution is -0.158. The number of fused-ring (bicyclic) bond motifs is 1. The SMILES string of the molecule is COc1ccc(CNC(=O)c2ccc3c(c2)c(=O)n(Cc2ccc(C(=O)OCC(=O)OC(C)(C)C)cc2)c(=O)n3C)cc1. The number of hydrogen-bond acceptors (Lipinski definition) is 8. The van der Waals surface area contributed by atoms with Gasteiger partial charge >= 0.3 is 17.6 Å². The summed E-state index contributed by atoms with van der Waals surface area (Å²) >= 11 is 0. The molecule has 0 unspecified atom stereocenters. The van der Waals surface area contributed by atoms with Gasteiger partial charge in [0, 0.05) is 19.2 Å². The highest BCUT2D eigenvalue weighted by Crippen LogP contribution is 2.14. The van der Waals surface area contributed by atoms with E-state index in [9.17, 15) is 24.0 Å². The summed E-state index contributed by atoms with van der Waals surface area (Å²) in [6.07, 6.45) is 0. The average Bonchev–Trinajstić information content (AvgIpc) is 2.99. The minimum atomic E-state index is -0.714. The molecule has 0 aliphatic carbocycles. The number of esters is 2. The summed E-state index contributed by atoms with van der Waals surface area (Å²) in [5.41, 5.74) is 0.529. The van der Waals surface area contributed by atoms with Gasteiger partial charge in [0.1, 0.15) is 11.4 Å². The number of aromatic nitrogens is 2. The molecule has 11 heteroatoms. The van der Waals surface area contributed by atoms with Crippen LogP contribution in [0.3, 0.4) is 0 Å². The molecule has 0 aliphatic rings. The van der Waals surface area contributed by atoms with Crippen molar-refractivity contribution in [3.05, 3.63) is 110 Å². The van der Waals surface area contributed by atoms with E-state index in [2.05, 4.69) is 5.32 Å². The molecule has 0 spiro atoms. The molecule has 3 aromatic carbocycles. The Morgan fingerprint density at radius 2 is 1.49 bits per heavy atom. The highest BCUT2D eigenvalue weighted by molar-refractivity contribution is 5.97. The van der Waals surface area contributed by atoms with Crippen molar-refractivity contribution in [1.29, 1.82) is 0 Å². The summed E-state index contributed by atoms with van der Waals surface area (Å²) in [6.45, 7) is 4.81. The standard InChI is InChI=1S/C32H33N3O8/c1-32(2,3)43-27(36)19-42-30(39)22-10-6-21(7-11-22)18-35-29(38)25-16-23(12-15-26(25)34(4)31(35)40)28(37)33-17-20-8-13-24(41-5)14-9-20/h6-16H,17-19H2,1-5H3,(H,33,37). The molecule has 1 aromatic heterocycles. The van der Waals surface area contributed by atoms with E-state index >= 15 is 0 Å². The minimum absolute atomic E-state index is 0.0669. The zero-order valence-electron chi connectivity index (χ0n) is 24.6. The maximum Gasteiger partial charge on any atom is 0.344 e. The number of ether oxygens (including phenoxy) is 3. The van der Waals surface area contributed by atoms with E-state index in [1.807, 2.05) is 12.1 Å². The molecule has 0 aliphatic heterocycles. The Morgan fingerprint density at radius 3 is 2.12 bits per heavy atom. The molecule has 1 heterocycles. The fourth-order valence-electron chi connectivity index (χ4n) is 4.33. The maximum absolute atomic E-state index is 13.4. The van der Waals surface area contributed by atoms with Crippen LogP contribution in [0.2, 0.25) is 0 Å². The lowest BCUT2D eigenvalue weighted by Crippen LogP contribution is -2.39. The molecular formula is C32H33N3O8. The predicted molar refractivity (Wildman–Crippen MR) is 159 cm³/mol. The van der Waals surface area contributed by atoms with E-state index in [0.717, 1.165) is 10.1 Å². The first-order chi connectivity index (χ1) is 20.4. The van der Waals surface area contributed by atoms with Crippen molar-refractivity contribution in [2.45, 2.75) is 39.5 Å². The number of nitrogens with one attached hydrogen (secondary N) is 1. The number of methoxy groups -OCH3 is 1. The van der Waals surface area contributed by atoms with E-state index in [4.69, 9.17) is 14.2 Å². The number of nitrogens with zero attached hydrogens (tertiary/aromatic N) is 2. The van der Waals surface area contributed by atoms with Crippen molar-refractivity contribution >= 4 is 28.7 Å². The van der Waals surface area contributed by atoms with Crippen molar-refractivity contribution in [1.82, 2.24) is 14.5 Å². The van der Waals surface area contributed by atoms with E-state index < -0.39 is 35.4 Å². The van der Waals surface area contributed by atoms with Gasteiger partial charge in [-0.05, 0) is 74.4 Å². The molecule has 4 rings (SSSR count). The van der Waals surface area contributed by atoms with Crippen molar-refractivity contribution in [3.8, 4) is 5.75 Å². The molecule has 43 heavy (non-hydrogen) atoms. The summed E-state index contributed by atoms with van der Waals surface area (Å²) in [4.78, 5) is 63.5. The van der Waals surface area contributed by atoms with Crippen molar-refractivity contribution in [2.24, 2.45) is 7.05 Å². The second-order valence-corrected chi connectivity index (χ2v) is 10.9. The number of carbonyl (C=O) groups is 3. The second kappa shape index (κ2) is 12.8. The molecule has 4 aromatic rings. The number of rotatable bonds is 9. The quantitative estimate of drug-likeness (QED) is 0.295. The van der Waals surface area contributed by atoms with Crippen LogP contribution in [0.1, 0.15) is 52.6 Å². The highest BCUT2D eigenvalue weighted by atomic mass is 16.6. The molecular weight excluding hydrogens is 554 g/mol. The fraction of sp³-hybridized carbons (Fsp3) is 0.281. The van der Waals surface area contributed by atoms with Gasteiger partial charge in [0.25, 0.3) is 11.5 Å². The molecule has 0 atom stereocenters. The minimum Gasteiger partial charge on any atom is -0.497 e. The van der Waals surface area contributed by atoms with Crippen molar-refractivity contribution in [3.63, 3.8) is 0 Å². The highest BCUT2D eigenvalue weighted by Gasteiger charge is 2.19. The van der Waals surface area contributed by atoms with E-state index in [1.165, 1.54) is 22.8 Å². The third-order valence-corrected chi connectivity index (χ3v) is 6.50. The topological polar surface area (TPSA) is 135 Å². The summed E-state index contributed by atoms with van der Waals surface area (Å²) < 4.78 is 17.7. The Balaban J connectivity index is 1.49. The zero-order valence-corrected chi connectivity index (χ0v) is 24.6. The predicted octanol–water partition coefficient (Wildman–Crippen LogP) is 3.19. The van der Waals surface area contributed by atoms with Gasteiger partial charge in [-0.25, -0.2) is 14.4 Å². The summed E-state index contributed by atoms with van der Waals surface area (Å²) in [5.74, 6) is -1.04. The van der Waals surface area contributed by atoms with Gasteiger partial charge in [-0.2, -0.15) is 0 Å². The summed E-state index contributed by atoms with van der Waals surface area (Å²) in [6, 6.07) is 18.0. The number of amides is 1. The molecule has 0 fully saturated rings. The van der Waals surface area contributed by atoms with E-state index in [-0.39, 0.29) is 35.5 Å². The van der Waals surface area contributed by atoms with Crippen LogP contribution in [-0.4, -0.2) is 46.3 Å². The first kappa shape index (κ1) is 30.8. The monoisotopic (exact) mass is 587 g/mol. The number of carbonyl (C=O) groups excluding carboxylic acids is 3. The smallest absolute Gasteiger partial charge is 0.344 e. The Morgan fingerprint density at radius 1 is 0.860 bits per heavy atom. The lowest BCUT2D eigenvalue weighted by atomic mass is 10.1. The lowest BCUT2D eigenvalue weighted by Gasteiger charge is -2.19. The molecule has 0 bridgehead atoms. The third kappa shape index (κ3) is 7.56. The van der Waals surface area contributed by atoms with Crippen LogP contribution < -0.4 is 21.3 Å². The van der Waals surface area contributed by atoms with Gasteiger partial charge in [-0.15, -0.1) is 0 Å². The normalized spacial score (nSPS) is 11.2. The Kier molecular flexibility index (Phi) is 9.13. The van der Waals surface area contributed by atoms with Gasteiger partial charge in [-0.1, -0.05) is 24.3 Å². The summed E-state index contributed by atoms with van der Waals surface area (Å²) in [7, 11) is 3.13. The molecule has 1 amide bonds. The van der Waals surface area contributed by atoms with Crippen molar-refractivity contribution in [2.75, 3.05) is 13.7 Å². The number of aryl methyl sites for hydroxylation is 1. The Bertz CT molecular complexity index is 1780. The third-order valence-electron chi connectivity index (χ3n) is 6.50. The number of hydrogen-bond donors (Lipinski definition) is 1.